The van der Waals surface area contributed by atoms with Gasteiger partial charge in [0.25, 0.3) is 5.91 Å². The molecule has 1 atom stereocenters. The summed E-state index contributed by atoms with van der Waals surface area (Å²) in [7, 11) is -3.69. The van der Waals surface area contributed by atoms with E-state index < -0.39 is 10.0 Å². The third-order valence-corrected chi connectivity index (χ3v) is 7.37. The van der Waals surface area contributed by atoms with E-state index in [1.807, 2.05) is 6.92 Å². The molecule has 1 unspecified atom stereocenters. The third-order valence-electron chi connectivity index (χ3n) is 4.99. The third kappa shape index (κ3) is 4.06. The Kier molecular flexibility index (Phi) is 6.22. The average Bonchev–Trinajstić information content (AvgIpc) is 2.68. The Morgan fingerprint density at radius 3 is 2.65 bits per heavy atom. The molecule has 144 valence electrons. The zero-order chi connectivity index (χ0) is 18.7. The number of amides is 1. The molecule has 6 nitrogen and oxygen atoms in total. The van der Waals surface area contributed by atoms with Crippen molar-refractivity contribution in [2.24, 2.45) is 0 Å². The summed E-state index contributed by atoms with van der Waals surface area (Å²) in [6, 6.07) is 4.52. The Labute approximate surface area is 160 Å². The highest BCUT2D eigenvalue weighted by Gasteiger charge is 2.30. The van der Waals surface area contributed by atoms with Crippen molar-refractivity contribution in [3.05, 3.63) is 28.8 Å². The first kappa shape index (κ1) is 19.6. The smallest absolute Gasteiger partial charge is 0.254 e. The van der Waals surface area contributed by atoms with E-state index in [4.69, 9.17) is 16.3 Å². The molecule has 2 saturated heterocycles. The lowest BCUT2D eigenvalue weighted by Gasteiger charge is -2.32. The van der Waals surface area contributed by atoms with Crippen LogP contribution in [0, 0.1) is 0 Å². The van der Waals surface area contributed by atoms with Crippen LogP contribution in [0.1, 0.15) is 43.0 Å². The van der Waals surface area contributed by atoms with Crippen LogP contribution in [-0.4, -0.2) is 62.4 Å². The van der Waals surface area contributed by atoms with E-state index in [-0.39, 0.29) is 21.9 Å². The first-order valence-electron chi connectivity index (χ1n) is 9.14. The molecule has 2 fully saturated rings. The molecule has 0 saturated carbocycles. The van der Waals surface area contributed by atoms with Crippen molar-refractivity contribution >= 4 is 27.5 Å². The Morgan fingerprint density at radius 2 is 1.96 bits per heavy atom. The molecule has 1 amide bonds. The van der Waals surface area contributed by atoms with Crippen LogP contribution >= 0.6 is 11.6 Å². The fraction of sp³-hybridized carbons (Fsp3) is 0.611. The van der Waals surface area contributed by atoms with E-state index >= 15 is 0 Å². The van der Waals surface area contributed by atoms with Crippen LogP contribution in [0.2, 0.25) is 5.02 Å². The van der Waals surface area contributed by atoms with Gasteiger partial charge in [-0.1, -0.05) is 24.9 Å². The molecule has 26 heavy (non-hydrogen) atoms. The molecule has 2 aliphatic rings. The molecule has 1 aromatic carbocycles. The van der Waals surface area contributed by atoms with E-state index in [1.54, 1.807) is 11.0 Å². The molecule has 3 rings (SSSR count). The second-order valence-electron chi connectivity index (χ2n) is 6.76. The SMILES string of the molecule is CCC1CN(C(=O)c2ccc(Cl)c(S(=O)(=O)N3CCCCC3)c2)CCO1. The van der Waals surface area contributed by atoms with Gasteiger partial charge in [-0.05, 0) is 37.5 Å². The lowest BCUT2D eigenvalue weighted by molar-refractivity contribution is -0.0226. The van der Waals surface area contributed by atoms with Gasteiger partial charge >= 0.3 is 0 Å². The summed E-state index contributed by atoms with van der Waals surface area (Å²) in [6.45, 7) is 4.54. The number of carbonyl (C=O) groups is 1. The molecule has 0 aromatic heterocycles. The number of morpholine rings is 1. The maximum Gasteiger partial charge on any atom is 0.254 e. The first-order valence-corrected chi connectivity index (χ1v) is 11.0. The van der Waals surface area contributed by atoms with Gasteiger partial charge in [0.15, 0.2) is 0 Å². The molecule has 0 spiro atoms. The second kappa shape index (κ2) is 8.25. The van der Waals surface area contributed by atoms with Crippen LogP contribution in [0.25, 0.3) is 0 Å². The van der Waals surface area contributed by atoms with Gasteiger partial charge in [0, 0.05) is 31.7 Å². The molecule has 2 aliphatic heterocycles. The monoisotopic (exact) mass is 400 g/mol. The zero-order valence-corrected chi connectivity index (χ0v) is 16.6. The fourth-order valence-electron chi connectivity index (χ4n) is 3.41. The quantitative estimate of drug-likeness (QED) is 0.779. The first-order chi connectivity index (χ1) is 12.4. The number of ether oxygens (including phenoxy) is 1. The molecular formula is C18H25ClN2O4S. The van der Waals surface area contributed by atoms with Gasteiger partial charge in [-0.25, -0.2) is 8.42 Å². The van der Waals surface area contributed by atoms with Gasteiger partial charge in [0.1, 0.15) is 4.90 Å². The number of hydrogen-bond donors (Lipinski definition) is 0. The number of carbonyl (C=O) groups excluding carboxylic acids is 1. The van der Waals surface area contributed by atoms with Gasteiger partial charge < -0.3 is 9.64 Å². The van der Waals surface area contributed by atoms with E-state index in [1.165, 1.54) is 16.4 Å². The van der Waals surface area contributed by atoms with Crippen LogP contribution in [0.4, 0.5) is 0 Å². The van der Waals surface area contributed by atoms with Crippen molar-refractivity contribution in [3.8, 4) is 0 Å². The van der Waals surface area contributed by atoms with Crippen molar-refractivity contribution in [2.45, 2.75) is 43.6 Å². The number of hydrogen-bond acceptors (Lipinski definition) is 4. The topological polar surface area (TPSA) is 66.9 Å². The normalized spacial score (nSPS) is 22.4. The summed E-state index contributed by atoms with van der Waals surface area (Å²) < 4.78 is 33.0. The summed E-state index contributed by atoms with van der Waals surface area (Å²) in [5.74, 6) is -0.182. The maximum atomic E-state index is 13.0. The number of nitrogens with zero attached hydrogens (tertiary/aromatic N) is 2. The van der Waals surface area contributed by atoms with Crippen LogP contribution in [0.5, 0.6) is 0 Å². The fourth-order valence-corrected chi connectivity index (χ4v) is 5.43. The molecule has 8 heteroatoms. The highest BCUT2D eigenvalue weighted by Crippen LogP contribution is 2.28. The average molecular weight is 401 g/mol. The van der Waals surface area contributed by atoms with Crippen LogP contribution in [0.3, 0.4) is 0 Å². The lowest BCUT2D eigenvalue weighted by Crippen LogP contribution is -2.45. The number of piperidine rings is 1. The van der Waals surface area contributed by atoms with Crippen LogP contribution < -0.4 is 0 Å². The highest BCUT2D eigenvalue weighted by atomic mass is 35.5. The number of sulfonamides is 1. The molecule has 0 bridgehead atoms. The Hall–Kier alpha value is -1.15. The molecule has 1 aromatic rings. The van der Waals surface area contributed by atoms with Crippen molar-refractivity contribution < 1.29 is 17.9 Å². The Balaban J connectivity index is 1.86. The summed E-state index contributed by atoms with van der Waals surface area (Å²) in [5, 5.41) is 0.153. The minimum atomic E-state index is -3.69. The lowest BCUT2D eigenvalue weighted by atomic mass is 10.1. The highest BCUT2D eigenvalue weighted by molar-refractivity contribution is 7.89. The van der Waals surface area contributed by atoms with Gasteiger partial charge in [0.05, 0.1) is 17.7 Å². The van der Waals surface area contributed by atoms with Crippen LogP contribution in [0.15, 0.2) is 23.1 Å². The van der Waals surface area contributed by atoms with Gasteiger partial charge in [-0.3, -0.25) is 4.79 Å². The predicted octanol–water partition coefficient (Wildman–Crippen LogP) is 2.77. The van der Waals surface area contributed by atoms with Gasteiger partial charge in [-0.15, -0.1) is 0 Å². The zero-order valence-electron chi connectivity index (χ0n) is 15.0. The van der Waals surface area contributed by atoms with Crippen molar-refractivity contribution in [2.75, 3.05) is 32.8 Å². The molecule has 0 aliphatic carbocycles. The van der Waals surface area contributed by atoms with Crippen LogP contribution in [-0.2, 0) is 14.8 Å². The molecule has 2 heterocycles. The standard InChI is InChI=1S/C18H25ClN2O4S/c1-2-15-13-20(10-11-25-15)18(22)14-6-7-16(19)17(12-14)26(23,24)21-8-4-3-5-9-21/h6-7,12,15H,2-5,8-11,13H2,1H3. The summed E-state index contributed by atoms with van der Waals surface area (Å²) >= 11 is 6.19. The van der Waals surface area contributed by atoms with Crippen molar-refractivity contribution in [1.82, 2.24) is 9.21 Å². The van der Waals surface area contributed by atoms with E-state index in [0.717, 1.165) is 25.7 Å². The summed E-state index contributed by atoms with van der Waals surface area (Å²) in [4.78, 5) is 14.6. The molecule has 0 N–H and O–H groups in total. The second-order valence-corrected chi connectivity index (χ2v) is 9.08. The van der Waals surface area contributed by atoms with E-state index in [0.29, 0.717) is 38.3 Å². The molecule has 0 radical (unpaired) electrons. The largest absolute Gasteiger partial charge is 0.375 e. The Bertz CT molecular complexity index is 762. The van der Waals surface area contributed by atoms with Crippen molar-refractivity contribution in [1.29, 1.82) is 0 Å². The molecular weight excluding hydrogens is 376 g/mol. The Morgan fingerprint density at radius 1 is 1.23 bits per heavy atom. The van der Waals surface area contributed by atoms with Gasteiger partial charge in [-0.2, -0.15) is 4.31 Å². The maximum absolute atomic E-state index is 13.0. The van der Waals surface area contributed by atoms with Crippen molar-refractivity contribution in [3.63, 3.8) is 0 Å². The van der Waals surface area contributed by atoms with Gasteiger partial charge in [0.2, 0.25) is 10.0 Å². The van der Waals surface area contributed by atoms with E-state index in [9.17, 15) is 13.2 Å². The minimum absolute atomic E-state index is 0.0206. The van der Waals surface area contributed by atoms with E-state index in [2.05, 4.69) is 0 Å². The number of benzene rings is 1. The minimum Gasteiger partial charge on any atom is -0.375 e. The predicted molar refractivity (Wildman–Crippen MR) is 100.0 cm³/mol. The number of rotatable bonds is 4. The summed E-state index contributed by atoms with van der Waals surface area (Å²) in [5.41, 5.74) is 0.349. The summed E-state index contributed by atoms with van der Waals surface area (Å²) in [6.07, 6.45) is 3.59. The number of halogens is 1.